The van der Waals surface area contributed by atoms with Crippen LogP contribution in [0, 0.1) is 0 Å². The van der Waals surface area contributed by atoms with E-state index in [0.717, 1.165) is 0 Å². The molecule has 0 saturated carbocycles. The zero-order valence-electron chi connectivity index (χ0n) is 16.5. The number of amides is 3. The smallest absolute Gasteiger partial charge is 0.244 e. The molecule has 0 bridgehead atoms. The lowest BCUT2D eigenvalue weighted by Crippen LogP contribution is -2.39. The fourth-order valence-electron chi connectivity index (χ4n) is 2.50. The topological polar surface area (TPSA) is 101 Å². The highest BCUT2D eigenvalue weighted by molar-refractivity contribution is 5.95. The minimum Gasteiger partial charge on any atom is -0.497 e. The van der Waals surface area contributed by atoms with Crippen molar-refractivity contribution in [3.05, 3.63) is 54.5 Å². The SMILES string of the molecule is CCN(CC(=O)Nc1cccc(OC)c1)C(=O)CCNC(=O)/C=C/c1ccco1. The fourth-order valence-corrected chi connectivity index (χ4v) is 2.50. The number of rotatable bonds is 10. The number of anilines is 1. The number of likely N-dealkylation sites (N-methyl/N-ethyl adjacent to an activating group) is 1. The first kappa shape index (κ1) is 21.7. The van der Waals surface area contributed by atoms with Crippen LogP contribution in [0.2, 0.25) is 0 Å². The molecule has 154 valence electrons. The molecule has 2 rings (SSSR count). The molecule has 8 nitrogen and oxygen atoms in total. The number of carbonyl (C=O) groups excluding carboxylic acids is 3. The standard InChI is InChI=1S/C21H25N3O5/c1-3-24(15-20(26)23-16-6-4-7-18(14-16)28-2)21(27)11-12-22-19(25)10-9-17-8-5-13-29-17/h4-10,13-14H,3,11-12,15H2,1-2H3,(H,22,25)(H,23,26)/b10-9+. The number of nitrogens with zero attached hydrogens (tertiary/aromatic N) is 1. The third-order valence-electron chi connectivity index (χ3n) is 4.00. The number of hydrogen-bond donors (Lipinski definition) is 2. The van der Waals surface area contributed by atoms with Gasteiger partial charge in [0.05, 0.1) is 19.9 Å². The maximum Gasteiger partial charge on any atom is 0.244 e. The van der Waals surface area contributed by atoms with Crippen LogP contribution in [0.5, 0.6) is 5.75 Å². The summed E-state index contributed by atoms with van der Waals surface area (Å²) in [5, 5.41) is 5.37. The molecule has 0 radical (unpaired) electrons. The van der Waals surface area contributed by atoms with Crippen molar-refractivity contribution in [1.82, 2.24) is 10.2 Å². The molecule has 29 heavy (non-hydrogen) atoms. The van der Waals surface area contributed by atoms with Crippen LogP contribution < -0.4 is 15.4 Å². The van der Waals surface area contributed by atoms with Gasteiger partial charge in [-0.3, -0.25) is 14.4 Å². The zero-order valence-corrected chi connectivity index (χ0v) is 16.5. The average molecular weight is 399 g/mol. The summed E-state index contributed by atoms with van der Waals surface area (Å²) in [6.07, 6.45) is 4.49. The van der Waals surface area contributed by atoms with Gasteiger partial charge in [0.2, 0.25) is 17.7 Å². The monoisotopic (exact) mass is 399 g/mol. The Bertz CT molecular complexity index is 846. The summed E-state index contributed by atoms with van der Waals surface area (Å²) < 4.78 is 10.2. The average Bonchev–Trinajstić information content (AvgIpc) is 3.24. The Morgan fingerprint density at radius 2 is 2.03 bits per heavy atom. The third kappa shape index (κ3) is 7.53. The number of ether oxygens (including phenoxy) is 1. The van der Waals surface area contributed by atoms with Gasteiger partial charge in [-0.2, -0.15) is 0 Å². The molecule has 0 spiro atoms. The van der Waals surface area contributed by atoms with Gasteiger partial charge in [-0.1, -0.05) is 6.07 Å². The molecule has 1 heterocycles. The van der Waals surface area contributed by atoms with E-state index in [1.54, 1.807) is 56.5 Å². The molecular formula is C21H25N3O5. The van der Waals surface area contributed by atoms with E-state index >= 15 is 0 Å². The van der Waals surface area contributed by atoms with Gasteiger partial charge in [-0.15, -0.1) is 0 Å². The number of carbonyl (C=O) groups is 3. The summed E-state index contributed by atoms with van der Waals surface area (Å²) in [7, 11) is 1.55. The van der Waals surface area contributed by atoms with E-state index in [1.807, 2.05) is 0 Å². The molecular weight excluding hydrogens is 374 g/mol. The van der Waals surface area contributed by atoms with Gasteiger partial charge >= 0.3 is 0 Å². The van der Waals surface area contributed by atoms with Crippen molar-refractivity contribution in [3.63, 3.8) is 0 Å². The second kappa shape index (κ2) is 11.3. The van der Waals surface area contributed by atoms with Crippen molar-refractivity contribution in [1.29, 1.82) is 0 Å². The number of nitrogens with one attached hydrogen (secondary N) is 2. The largest absolute Gasteiger partial charge is 0.497 e. The molecule has 0 aliphatic rings. The van der Waals surface area contributed by atoms with Crippen molar-refractivity contribution in [3.8, 4) is 5.75 Å². The molecule has 0 unspecified atom stereocenters. The van der Waals surface area contributed by atoms with E-state index in [0.29, 0.717) is 23.7 Å². The summed E-state index contributed by atoms with van der Waals surface area (Å²) in [4.78, 5) is 37.7. The lowest BCUT2D eigenvalue weighted by Gasteiger charge is -2.20. The minimum atomic E-state index is -0.326. The van der Waals surface area contributed by atoms with Crippen LogP contribution in [0.15, 0.2) is 53.2 Å². The highest BCUT2D eigenvalue weighted by atomic mass is 16.5. The molecule has 0 aliphatic heterocycles. The first-order valence-corrected chi connectivity index (χ1v) is 9.23. The highest BCUT2D eigenvalue weighted by Crippen LogP contribution is 2.16. The third-order valence-corrected chi connectivity index (χ3v) is 4.00. The lowest BCUT2D eigenvalue weighted by atomic mass is 10.3. The Hall–Kier alpha value is -3.55. The summed E-state index contributed by atoms with van der Waals surface area (Å²) >= 11 is 0. The van der Waals surface area contributed by atoms with E-state index < -0.39 is 0 Å². The van der Waals surface area contributed by atoms with Crippen molar-refractivity contribution in [2.45, 2.75) is 13.3 Å². The fraction of sp³-hybridized carbons (Fsp3) is 0.286. The predicted molar refractivity (Wildman–Crippen MR) is 109 cm³/mol. The van der Waals surface area contributed by atoms with Crippen molar-refractivity contribution in [2.75, 3.05) is 32.1 Å². The van der Waals surface area contributed by atoms with Crippen LogP contribution >= 0.6 is 0 Å². The highest BCUT2D eigenvalue weighted by Gasteiger charge is 2.15. The first-order chi connectivity index (χ1) is 14.0. The van der Waals surface area contributed by atoms with Gasteiger partial charge in [-0.05, 0) is 37.3 Å². The van der Waals surface area contributed by atoms with Gasteiger partial charge in [0, 0.05) is 37.3 Å². The second-order valence-electron chi connectivity index (χ2n) is 6.08. The minimum absolute atomic E-state index is 0.0705. The summed E-state index contributed by atoms with van der Waals surface area (Å²) in [6.45, 7) is 2.28. The van der Waals surface area contributed by atoms with Gasteiger partial charge in [0.25, 0.3) is 0 Å². The van der Waals surface area contributed by atoms with Crippen LogP contribution in [0.4, 0.5) is 5.69 Å². The van der Waals surface area contributed by atoms with E-state index in [2.05, 4.69) is 10.6 Å². The number of methoxy groups -OCH3 is 1. The van der Waals surface area contributed by atoms with E-state index in [-0.39, 0.29) is 37.2 Å². The Morgan fingerprint density at radius 1 is 1.21 bits per heavy atom. The summed E-state index contributed by atoms with van der Waals surface area (Å²) in [5.41, 5.74) is 0.591. The molecule has 0 aliphatic carbocycles. The quantitative estimate of drug-likeness (QED) is 0.597. The lowest BCUT2D eigenvalue weighted by molar-refractivity contribution is -0.134. The Morgan fingerprint density at radius 3 is 2.72 bits per heavy atom. The predicted octanol–water partition coefficient (Wildman–Crippen LogP) is 2.29. The Balaban J connectivity index is 1.75. The molecule has 0 saturated heterocycles. The van der Waals surface area contributed by atoms with Crippen LogP contribution in [0.25, 0.3) is 6.08 Å². The Kier molecular flexibility index (Phi) is 8.50. The molecule has 8 heteroatoms. The van der Waals surface area contributed by atoms with Crippen molar-refractivity contribution < 1.29 is 23.5 Å². The number of furan rings is 1. The first-order valence-electron chi connectivity index (χ1n) is 9.23. The van der Waals surface area contributed by atoms with Gasteiger partial charge in [0.15, 0.2) is 0 Å². The number of hydrogen-bond acceptors (Lipinski definition) is 5. The molecule has 2 N–H and O–H groups in total. The van der Waals surface area contributed by atoms with Crippen molar-refractivity contribution >= 4 is 29.5 Å². The summed E-state index contributed by atoms with van der Waals surface area (Å²) in [6, 6.07) is 10.4. The van der Waals surface area contributed by atoms with E-state index in [4.69, 9.17) is 9.15 Å². The van der Waals surface area contributed by atoms with Crippen LogP contribution in [-0.4, -0.2) is 49.4 Å². The molecule has 0 atom stereocenters. The van der Waals surface area contributed by atoms with Gasteiger partial charge < -0.3 is 24.7 Å². The van der Waals surface area contributed by atoms with Crippen LogP contribution in [0.3, 0.4) is 0 Å². The van der Waals surface area contributed by atoms with E-state index in [9.17, 15) is 14.4 Å². The maximum absolute atomic E-state index is 12.3. The van der Waals surface area contributed by atoms with Gasteiger partial charge in [0.1, 0.15) is 11.5 Å². The van der Waals surface area contributed by atoms with Crippen LogP contribution in [0.1, 0.15) is 19.1 Å². The van der Waals surface area contributed by atoms with Crippen LogP contribution in [-0.2, 0) is 14.4 Å². The molecule has 0 fully saturated rings. The maximum atomic E-state index is 12.3. The molecule has 3 amide bonds. The molecule has 2 aromatic rings. The normalized spacial score (nSPS) is 10.6. The summed E-state index contributed by atoms with van der Waals surface area (Å²) in [5.74, 6) is 0.342. The number of benzene rings is 1. The van der Waals surface area contributed by atoms with E-state index in [1.165, 1.54) is 17.2 Å². The Labute approximate surface area is 169 Å². The zero-order chi connectivity index (χ0) is 21.1. The molecule has 1 aromatic heterocycles. The second-order valence-corrected chi connectivity index (χ2v) is 6.08. The molecule has 1 aromatic carbocycles. The van der Waals surface area contributed by atoms with Gasteiger partial charge in [-0.25, -0.2) is 0 Å². The van der Waals surface area contributed by atoms with Crippen molar-refractivity contribution in [2.24, 2.45) is 0 Å².